The summed E-state index contributed by atoms with van der Waals surface area (Å²) in [7, 11) is 1.94. The molecule has 3 aromatic rings. The zero-order valence-electron chi connectivity index (χ0n) is 11.4. The predicted molar refractivity (Wildman–Crippen MR) is 79.4 cm³/mol. The van der Waals surface area contributed by atoms with Crippen LogP contribution in [0.4, 0.5) is 0 Å². The number of nitrogens with zero attached hydrogens (tertiary/aromatic N) is 2. The first-order valence-electron chi connectivity index (χ1n) is 6.39. The maximum absolute atomic E-state index is 11.3. The molecule has 0 saturated carbocycles. The predicted octanol–water partition coefficient (Wildman–Crippen LogP) is 2.65. The lowest BCUT2D eigenvalue weighted by atomic mass is 10.1. The topological polar surface area (TPSA) is 60.9 Å². The number of imidazole rings is 1. The van der Waals surface area contributed by atoms with Crippen LogP contribution in [0.25, 0.3) is 22.4 Å². The monoisotopic (exact) mass is 265 g/mol. The molecule has 0 bridgehead atoms. The van der Waals surface area contributed by atoms with Gasteiger partial charge < -0.3 is 10.3 Å². The van der Waals surface area contributed by atoms with Crippen LogP contribution in [0.15, 0.2) is 42.5 Å². The average molecular weight is 265 g/mol. The number of carbonyl (C=O) groups is 1. The fraction of sp³-hybridized carbons (Fsp3) is 0.125. The molecular formula is C16H15N3O. The van der Waals surface area contributed by atoms with Crippen molar-refractivity contribution in [3.63, 3.8) is 0 Å². The fourth-order valence-corrected chi connectivity index (χ4v) is 2.30. The van der Waals surface area contributed by atoms with Gasteiger partial charge in [0.2, 0.25) is 5.91 Å². The molecule has 0 aliphatic carbocycles. The SMILES string of the molecule is Cc1ccc(-c2nc3ccc(C(N)=O)cc3n2C)cc1. The maximum Gasteiger partial charge on any atom is 0.248 e. The van der Waals surface area contributed by atoms with Crippen LogP contribution in [0.5, 0.6) is 0 Å². The van der Waals surface area contributed by atoms with Crippen LogP contribution in [0, 0.1) is 6.92 Å². The Hall–Kier alpha value is -2.62. The first kappa shape index (κ1) is 12.4. The summed E-state index contributed by atoms with van der Waals surface area (Å²) in [6.07, 6.45) is 0. The van der Waals surface area contributed by atoms with E-state index in [4.69, 9.17) is 5.73 Å². The molecule has 0 unspecified atom stereocenters. The number of rotatable bonds is 2. The molecule has 4 heteroatoms. The van der Waals surface area contributed by atoms with E-state index in [1.54, 1.807) is 12.1 Å². The highest BCUT2D eigenvalue weighted by molar-refractivity contribution is 5.96. The Balaban J connectivity index is 2.20. The Labute approximate surface area is 116 Å². The molecule has 0 aliphatic rings. The highest BCUT2D eigenvalue weighted by Crippen LogP contribution is 2.24. The number of amides is 1. The van der Waals surface area contributed by atoms with Gasteiger partial charge in [0.15, 0.2) is 0 Å². The summed E-state index contributed by atoms with van der Waals surface area (Å²) in [5.41, 5.74) is 9.83. The number of carbonyl (C=O) groups excluding carboxylic acids is 1. The number of primary amides is 1. The number of hydrogen-bond donors (Lipinski definition) is 1. The van der Waals surface area contributed by atoms with Gasteiger partial charge in [0, 0.05) is 18.2 Å². The molecule has 0 spiro atoms. The van der Waals surface area contributed by atoms with Crippen molar-refractivity contribution in [3.05, 3.63) is 53.6 Å². The van der Waals surface area contributed by atoms with Crippen molar-refractivity contribution in [2.45, 2.75) is 6.92 Å². The van der Waals surface area contributed by atoms with Gasteiger partial charge in [-0.25, -0.2) is 4.98 Å². The van der Waals surface area contributed by atoms with Crippen molar-refractivity contribution in [3.8, 4) is 11.4 Å². The van der Waals surface area contributed by atoms with E-state index in [1.165, 1.54) is 5.56 Å². The zero-order chi connectivity index (χ0) is 14.3. The molecule has 0 radical (unpaired) electrons. The largest absolute Gasteiger partial charge is 0.366 e. The first-order chi connectivity index (χ1) is 9.56. The Morgan fingerprint density at radius 1 is 1.15 bits per heavy atom. The minimum atomic E-state index is -0.426. The van der Waals surface area contributed by atoms with Crippen LogP contribution >= 0.6 is 0 Å². The highest BCUT2D eigenvalue weighted by Gasteiger charge is 2.11. The van der Waals surface area contributed by atoms with E-state index in [-0.39, 0.29) is 0 Å². The van der Waals surface area contributed by atoms with Crippen LogP contribution in [0.1, 0.15) is 15.9 Å². The molecule has 20 heavy (non-hydrogen) atoms. The second-order valence-electron chi connectivity index (χ2n) is 4.93. The molecule has 0 atom stereocenters. The fourth-order valence-electron chi connectivity index (χ4n) is 2.30. The minimum absolute atomic E-state index is 0.426. The van der Waals surface area contributed by atoms with E-state index in [2.05, 4.69) is 24.0 Å². The van der Waals surface area contributed by atoms with Crippen LogP contribution in [-0.4, -0.2) is 15.5 Å². The van der Waals surface area contributed by atoms with Crippen molar-refractivity contribution < 1.29 is 4.79 Å². The molecule has 100 valence electrons. The van der Waals surface area contributed by atoms with E-state index < -0.39 is 5.91 Å². The Kier molecular flexibility index (Phi) is 2.79. The third-order valence-electron chi connectivity index (χ3n) is 3.48. The van der Waals surface area contributed by atoms with Gasteiger partial charge in [-0.2, -0.15) is 0 Å². The lowest BCUT2D eigenvalue weighted by molar-refractivity contribution is 0.100. The van der Waals surface area contributed by atoms with Crippen molar-refractivity contribution >= 4 is 16.9 Å². The minimum Gasteiger partial charge on any atom is -0.366 e. The van der Waals surface area contributed by atoms with Crippen LogP contribution in [0.2, 0.25) is 0 Å². The van der Waals surface area contributed by atoms with Gasteiger partial charge in [0.1, 0.15) is 5.82 Å². The molecule has 0 fully saturated rings. The van der Waals surface area contributed by atoms with Gasteiger partial charge >= 0.3 is 0 Å². The Morgan fingerprint density at radius 2 is 1.85 bits per heavy atom. The standard InChI is InChI=1S/C16H15N3O/c1-10-3-5-11(6-4-10)16-18-13-8-7-12(15(17)20)9-14(13)19(16)2/h3-9H,1-2H3,(H2,17,20). The van der Waals surface area contributed by atoms with Gasteiger partial charge in [0.05, 0.1) is 11.0 Å². The molecular weight excluding hydrogens is 250 g/mol. The molecule has 1 amide bonds. The molecule has 2 aromatic carbocycles. The first-order valence-corrected chi connectivity index (χ1v) is 6.39. The van der Waals surface area contributed by atoms with E-state index in [0.29, 0.717) is 5.56 Å². The highest BCUT2D eigenvalue weighted by atomic mass is 16.1. The summed E-state index contributed by atoms with van der Waals surface area (Å²) < 4.78 is 1.98. The van der Waals surface area contributed by atoms with Gasteiger partial charge in [-0.1, -0.05) is 29.8 Å². The van der Waals surface area contributed by atoms with Crippen LogP contribution in [0.3, 0.4) is 0 Å². The molecule has 0 aliphatic heterocycles. The molecule has 1 aromatic heterocycles. The maximum atomic E-state index is 11.3. The molecule has 2 N–H and O–H groups in total. The lowest BCUT2D eigenvalue weighted by Gasteiger charge is -2.03. The van der Waals surface area contributed by atoms with E-state index in [9.17, 15) is 4.79 Å². The number of hydrogen-bond acceptors (Lipinski definition) is 2. The number of benzene rings is 2. The summed E-state index contributed by atoms with van der Waals surface area (Å²) in [5.74, 6) is 0.451. The number of fused-ring (bicyclic) bond motifs is 1. The van der Waals surface area contributed by atoms with Crippen molar-refractivity contribution in [2.24, 2.45) is 12.8 Å². The number of aryl methyl sites for hydroxylation is 2. The van der Waals surface area contributed by atoms with E-state index in [0.717, 1.165) is 22.4 Å². The van der Waals surface area contributed by atoms with Crippen LogP contribution < -0.4 is 5.73 Å². The molecule has 1 heterocycles. The smallest absolute Gasteiger partial charge is 0.248 e. The van der Waals surface area contributed by atoms with Gasteiger partial charge in [0.25, 0.3) is 0 Å². The van der Waals surface area contributed by atoms with Crippen LogP contribution in [-0.2, 0) is 7.05 Å². The van der Waals surface area contributed by atoms with Gasteiger partial charge in [-0.05, 0) is 25.1 Å². The number of aromatic nitrogens is 2. The van der Waals surface area contributed by atoms with Gasteiger partial charge in [-0.3, -0.25) is 4.79 Å². The summed E-state index contributed by atoms with van der Waals surface area (Å²) in [4.78, 5) is 15.9. The van der Waals surface area contributed by atoms with Crippen molar-refractivity contribution in [1.29, 1.82) is 0 Å². The zero-order valence-corrected chi connectivity index (χ0v) is 11.4. The summed E-state index contributed by atoms with van der Waals surface area (Å²) >= 11 is 0. The summed E-state index contributed by atoms with van der Waals surface area (Å²) in [6, 6.07) is 13.5. The molecule has 0 saturated heterocycles. The summed E-state index contributed by atoms with van der Waals surface area (Å²) in [6.45, 7) is 2.05. The van der Waals surface area contributed by atoms with E-state index >= 15 is 0 Å². The summed E-state index contributed by atoms with van der Waals surface area (Å²) in [5, 5.41) is 0. The number of nitrogens with two attached hydrogens (primary N) is 1. The average Bonchev–Trinajstić information content (AvgIpc) is 2.76. The quantitative estimate of drug-likeness (QED) is 0.774. The Bertz CT molecular complexity index is 800. The van der Waals surface area contributed by atoms with E-state index in [1.807, 2.05) is 29.8 Å². The second-order valence-corrected chi connectivity index (χ2v) is 4.93. The van der Waals surface area contributed by atoms with Crippen molar-refractivity contribution in [2.75, 3.05) is 0 Å². The molecule has 4 nitrogen and oxygen atoms in total. The molecule has 3 rings (SSSR count). The normalized spacial score (nSPS) is 10.9. The third-order valence-corrected chi connectivity index (χ3v) is 3.48. The van der Waals surface area contributed by atoms with Crippen molar-refractivity contribution in [1.82, 2.24) is 9.55 Å². The lowest BCUT2D eigenvalue weighted by Crippen LogP contribution is -2.10. The third kappa shape index (κ3) is 1.95. The second kappa shape index (κ2) is 4.49. The Morgan fingerprint density at radius 3 is 2.50 bits per heavy atom. The van der Waals surface area contributed by atoms with Gasteiger partial charge in [-0.15, -0.1) is 0 Å².